The highest BCUT2D eigenvalue weighted by Gasteiger charge is 2.32. The highest BCUT2D eigenvalue weighted by Crippen LogP contribution is 2.30. The van der Waals surface area contributed by atoms with Gasteiger partial charge in [0.2, 0.25) is 5.91 Å². The maximum absolute atomic E-state index is 12.7. The summed E-state index contributed by atoms with van der Waals surface area (Å²) in [6.45, 7) is 4.49. The van der Waals surface area contributed by atoms with Crippen LogP contribution in [0, 0.1) is 5.92 Å². The van der Waals surface area contributed by atoms with E-state index in [-0.39, 0.29) is 23.9 Å². The summed E-state index contributed by atoms with van der Waals surface area (Å²) >= 11 is 0. The largest absolute Gasteiger partial charge is 0.416 e. The zero-order valence-electron chi connectivity index (χ0n) is 16.0. The van der Waals surface area contributed by atoms with Gasteiger partial charge >= 0.3 is 12.2 Å². The van der Waals surface area contributed by atoms with Crippen molar-refractivity contribution in [2.75, 3.05) is 26.2 Å². The van der Waals surface area contributed by atoms with Crippen LogP contribution in [-0.2, 0) is 11.0 Å². The molecule has 0 radical (unpaired) electrons. The highest BCUT2D eigenvalue weighted by atomic mass is 19.4. The zero-order valence-corrected chi connectivity index (χ0v) is 16.0. The lowest BCUT2D eigenvalue weighted by atomic mass is 9.95. The van der Waals surface area contributed by atoms with E-state index in [0.717, 1.165) is 38.1 Å². The summed E-state index contributed by atoms with van der Waals surface area (Å²) in [5.41, 5.74) is -0.0761. The van der Waals surface area contributed by atoms with Crippen LogP contribution in [0.3, 0.4) is 0 Å². The van der Waals surface area contributed by atoms with Crippen LogP contribution in [-0.4, -0.2) is 47.9 Å². The Kier molecular flexibility index (Phi) is 6.15. The molecule has 1 atom stereocenters. The first-order chi connectivity index (χ1) is 13.3. The summed E-state index contributed by atoms with van der Waals surface area (Å²) in [6, 6.07) is 4.53. The molecule has 5 nitrogen and oxygen atoms in total. The van der Waals surface area contributed by atoms with Crippen LogP contribution in [0.2, 0.25) is 0 Å². The fourth-order valence-electron chi connectivity index (χ4n) is 3.82. The summed E-state index contributed by atoms with van der Waals surface area (Å²) in [5.74, 6) is -0.291. The first-order valence-corrected chi connectivity index (χ1v) is 9.77. The van der Waals surface area contributed by atoms with Gasteiger partial charge in [-0.05, 0) is 50.3 Å². The molecule has 1 aromatic carbocycles. The molecule has 0 spiro atoms. The van der Waals surface area contributed by atoms with Gasteiger partial charge in [0.1, 0.15) is 0 Å². The van der Waals surface area contributed by atoms with E-state index < -0.39 is 11.7 Å². The number of piperidine rings is 1. The van der Waals surface area contributed by atoms with Gasteiger partial charge in [-0.15, -0.1) is 0 Å². The Morgan fingerprint density at radius 3 is 2.07 bits per heavy atom. The molecule has 1 N–H and O–H groups in total. The highest BCUT2D eigenvalue weighted by molar-refractivity contribution is 5.80. The Bertz CT molecular complexity index is 692. The third kappa shape index (κ3) is 4.77. The number of nitrogens with zero attached hydrogens (tertiary/aromatic N) is 2. The Morgan fingerprint density at radius 1 is 1.00 bits per heavy atom. The molecule has 0 unspecified atom stereocenters. The quantitative estimate of drug-likeness (QED) is 0.843. The SMILES string of the molecule is C[C@@H](NC(=O)C1CCN(C(=O)N2CCCC2)CC1)c1ccc(C(F)(F)F)cc1. The summed E-state index contributed by atoms with van der Waals surface area (Å²) in [5, 5.41) is 2.89. The minimum absolute atomic E-state index is 0.0643. The van der Waals surface area contributed by atoms with Crippen molar-refractivity contribution in [3.05, 3.63) is 35.4 Å². The van der Waals surface area contributed by atoms with E-state index in [0.29, 0.717) is 31.5 Å². The zero-order chi connectivity index (χ0) is 20.3. The smallest absolute Gasteiger partial charge is 0.349 e. The van der Waals surface area contributed by atoms with Crippen molar-refractivity contribution in [3.8, 4) is 0 Å². The number of rotatable bonds is 3. The lowest BCUT2D eigenvalue weighted by Gasteiger charge is -2.34. The standard InChI is InChI=1S/C20H26F3N3O2/c1-14(15-4-6-17(7-5-15)20(21,22)23)24-18(27)16-8-12-26(13-9-16)19(28)25-10-2-3-11-25/h4-7,14,16H,2-3,8-13H2,1H3,(H,24,27)/t14-/m1/s1. The van der Waals surface area contributed by atoms with Gasteiger partial charge < -0.3 is 15.1 Å². The fraction of sp³-hybridized carbons (Fsp3) is 0.600. The molecule has 0 bridgehead atoms. The molecular weight excluding hydrogens is 371 g/mol. The van der Waals surface area contributed by atoms with Crippen LogP contribution in [0.5, 0.6) is 0 Å². The van der Waals surface area contributed by atoms with E-state index in [4.69, 9.17) is 0 Å². The van der Waals surface area contributed by atoms with E-state index >= 15 is 0 Å². The first kappa shape index (κ1) is 20.5. The van der Waals surface area contributed by atoms with Gasteiger partial charge in [0.15, 0.2) is 0 Å². The summed E-state index contributed by atoms with van der Waals surface area (Å²) in [7, 11) is 0. The van der Waals surface area contributed by atoms with E-state index in [2.05, 4.69) is 5.32 Å². The van der Waals surface area contributed by atoms with Gasteiger partial charge in [-0.2, -0.15) is 13.2 Å². The Morgan fingerprint density at radius 2 is 1.54 bits per heavy atom. The topological polar surface area (TPSA) is 52.7 Å². The monoisotopic (exact) mass is 397 g/mol. The summed E-state index contributed by atoms with van der Waals surface area (Å²) < 4.78 is 38.0. The van der Waals surface area contributed by atoms with Crippen molar-refractivity contribution in [2.24, 2.45) is 5.92 Å². The van der Waals surface area contributed by atoms with Gasteiger partial charge in [0.25, 0.3) is 0 Å². The molecule has 2 aliphatic heterocycles. The molecule has 2 saturated heterocycles. The van der Waals surface area contributed by atoms with Crippen LogP contribution in [0.15, 0.2) is 24.3 Å². The summed E-state index contributed by atoms with van der Waals surface area (Å²) in [4.78, 5) is 28.6. The number of hydrogen-bond acceptors (Lipinski definition) is 2. The van der Waals surface area contributed by atoms with Crippen molar-refractivity contribution in [1.29, 1.82) is 0 Å². The molecule has 28 heavy (non-hydrogen) atoms. The number of nitrogens with one attached hydrogen (secondary N) is 1. The Hall–Kier alpha value is -2.25. The molecule has 2 aliphatic rings. The molecule has 2 heterocycles. The third-order valence-electron chi connectivity index (χ3n) is 5.61. The number of halogens is 3. The summed E-state index contributed by atoms with van der Waals surface area (Å²) in [6.07, 6.45) is -1.07. The number of urea groups is 1. The Balaban J connectivity index is 1.49. The van der Waals surface area contributed by atoms with Gasteiger partial charge in [-0.3, -0.25) is 4.79 Å². The average Bonchev–Trinajstić information content (AvgIpc) is 3.21. The number of likely N-dealkylation sites (tertiary alicyclic amines) is 2. The molecule has 8 heteroatoms. The number of carbonyl (C=O) groups is 2. The predicted molar refractivity (Wildman–Crippen MR) is 98.5 cm³/mol. The molecule has 3 amide bonds. The minimum Gasteiger partial charge on any atom is -0.349 e. The Labute approximate surface area is 162 Å². The van der Waals surface area contributed by atoms with Crippen LogP contribution >= 0.6 is 0 Å². The van der Waals surface area contributed by atoms with Crippen molar-refractivity contribution in [2.45, 2.75) is 44.8 Å². The van der Waals surface area contributed by atoms with E-state index in [9.17, 15) is 22.8 Å². The van der Waals surface area contributed by atoms with Crippen molar-refractivity contribution in [1.82, 2.24) is 15.1 Å². The maximum Gasteiger partial charge on any atom is 0.416 e. The van der Waals surface area contributed by atoms with Crippen molar-refractivity contribution in [3.63, 3.8) is 0 Å². The number of benzene rings is 1. The average molecular weight is 397 g/mol. The molecule has 154 valence electrons. The number of alkyl halides is 3. The lowest BCUT2D eigenvalue weighted by molar-refractivity contribution is -0.137. The van der Waals surface area contributed by atoms with Crippen molar-refractivity contribution < 1.29 is 22.8 Å². The van der Waals surface area contributed by atoms with Crippen LogP contribution < -0.4 is 5.32 Å². The van der Waals surface area contributed by atoms with Gasteiger partial charge in [-0.1, -0.05) is 12.1 Å². The van der Waals surface area contributed by atoms with Gasteiger partial charge in [0, 0.05) is 32.1 Å². The molecule has 3 rings (SSSR count). The third-order valence-corrected chi connectivity index (χ3v) is 5.61. The van der Waals surface area contributed by atoms with E-state index in [1.165, 1.54) is 12.1 Å². The second-order valence-electron chi connectivity index (χ2n) is 7.59. The maximum atomic E-state index is 12.7. The predicted octanol–water partition coefficient (Wildman–Crippen LogP) is 3.81. The fourth-order valence-corrected chi connectivity index (χ4v) is 3.82. The second-order valence-corrected chi connectivity index (χ2v) is 7.59. The minimum atomic E-state index is -4.37. The number of hydrogen-bond donors (Lipinski definition) is 1. The normalized spacial score (nSPS) is 19.6. The van der Waals surface area contributed by atoms with E-state index in [1.54, 1.807) is 6.92 Å². The molecular formula is C20H26F3N3O2. The molecule has 0 aromatic heterocycles. The number of carbonyl (C=O) groups excluding carboxylic acids is 2. The van der Waals surface area contributed by atoms with Gasteiger partial charge in [0.05, 0.1) is 11.6 Å². The lowest BCUT2D eigenvalue weighted by Crippen LogP contribution is -2.47. The number of amides is 3. The molecule has 0 aliphatic carbocycles. The van der Waals surface area contributed by atoms with E-state index in [1.807, 2.05) is 9.80 Å². The molecule has 0 saturated carbocycles. The second kappa shape index (κ2) is 8.41. The molecule has 2 fully saturated rings. The van der Waals surface area contributed by atoms with Crippen LogP contribution in [0.1, 0.15) is 49.8 Å². The van der Waals surface area contributed by atoms with Crippen LogP contribution in [0.25, 0.3) is 0 Å². The van der Waals surface area contributed by atoms with Crippen LogP contribution in [0.4, 0.5) is 18.0 Å². The van der Waals surface area contributed by atoms with Crippen molar-refractivity contribution >= 4 is 11.9 Å². The molecule has 1 aromatic rings. The van der Waals surface area contributed by atoms with Gasteiger partial charge in [-0.25, -0.2) is 4.79 Å². The first-order valence-electron chi connectivity index (χ1n) is 9.77.